The van der Waals surface area contributed by atoms with Crippen molar-refractivity contribution in [3.63, 3.8) is 0 Å². The Morgan fingerprint density at radius 1 is 1.26 bits per heavy atom. The third-order valence-electron chi connectivity index (χ3n) is 6.31. The van der Waals surface area contributed by atoms with Crippen LogP contribution in [0.1, 0.15) is 0 Å². The molecule has 4 N–H and O–H groups in total. The van der Waals surface area contributed by atoms with E-state index in [1.165, 1.54) is 12.3 Å². The second-order valence-electron chi connectivity index (χ2n) is 8.76. The van der Waals surface area contributed by atoms with Crippen molar-refractivity contribution in [1.82, 2.24) is 15.0 Å². The molecule has 5 rings (SSSR count). The molecule has 0 radical (unpaired) electrons. The summed E-state index contributed by atoms with van der Waals surface area (Å²) in [6, 6.07) is 11.2. The number of hydrogen-bond donors (Lipinski definition) is 4. The molecule has 2 aromatic carbocycles. The molecule has 196 valence electrons. The van der Waals surface area contributed by atoms with E-state index in [2.05, 4.69) is 37.1 Å². The molecule has 1 aliphatic rings. The third-order valence-corrected chi connectivity index (χ3v) is 8.27. The highest BCUT2D eigenvalue weighted by atomic mass is 35.5. The summed E-state index contributed by atoms with van der Waals surface area (Å²) in [7, 11) is -0.885. The fraction of sp³-hybridized carbons (Fsp3) is 0.192. The van der Waals surface area contributed by atoms with E-state index in [4.69, 9.17) is 21.1 Å². The summed E-state index contributed by atoms with van der Waals surface area (Å²) in [5.74, 6) is 1.36. The summed E-state index contributed by atoms with van der Waals surface area (Å²) in [6.45, 7) is 4.60. The summed E-state index contributed by atoms with van der Waals surface area (Å²) in [5.41, 5.74) is 4.38. The Bertz CT molecular complexity index is 1640. The summed E-state index contributed by atoms with van der Waals surface area (Å²) < 4.78 is 25.4. The number of fused-ring (bicyclic) bond motifs is 1. The third kappa shape index (κ3) is 5.29. The molecule has 0 bridgehead atoms. The first-order valence-corrected chi connectivity index (χ1v) is 14.1. The molecule has 1 saturated heterocycles. The lowest BCUT2D eigenvalue weighted by molar-refractivity contribution is -0.111. The van der Waals surface area contributed by atoms with Gasteiger partial charge < -0.3 is 25.3 Å². The normalized spacial score (nSPS) is 14.7. The number of rotatable bonds is 7. The Labute approximate surface area is 225 Å². The molecule has 0 saturated carbocycles. The van der Waals surface area contributed by atoms with Crippen LogP contribution < -0.4 is 20.3 Å². The molecule has 1 aliphatic heterocycles. The van der Waals surface area contributed by atoms with Gasteiger partial charge in [-0.25, -0.2) is 14.2 Å². The number of carbonyl (C=O) groups is 1. The summed E-state index contributed by atoms with van der Waals surface area (Å²) in [4.78, 5) is 26.0. The fourth-order valence-electron chi connectivity index (χ4n) is 4.30. The maximum atomic E-state index is 12.0. The van der Waals surface area contributed by atoms with E-state index in [1.54, 1.807) is 13.2 Å². The van der Waals surface area contributed by atoms with E-state index in [0.717, 1.165) is 22.2 Å². The lowest BCUT2D eigenvalue weighted by Gasteiger charge is -2.30. The number of methoxy groups -OCH3 is 1. The number of ether oxygens (including phenoxy) is 1. The Kier molecular flexibility index (Phi) is 6.96. The lowest BCUT2D eigenvalue weighted by Crippen LogP contribution is -2.39. The molecular weight excluding hydrogens is 526 g/mol. The van der Waals surface area contributed by atoms with Gasteiger partial charge in [-0.2, -0.15) is 0 Å². The molecule has 0 atom stereocenters. The highest BCUT2D eigenvalue weighted by Crippen LogP contribution is 2.36. The van der Waals surface area contributed by atoms with Crippen molar-refractivity contribution in [2.75, 3.05) is 47.2 Å². The fourth-order valence-corrected chi connectivity index (χ4v) is 5.72. The van der Waals surface area contributed by atoms with Crippen molar-refractivity contribution in [2.45, 2.75) is 0 Å². The van der Waals surface area contributed by atoms with Crippen molar-refractivity contribution < 1.29 is 13.7 Å². The van der Waals surface area contributed by atoms with Crippen LogP contribution in [0.2, 0.25) is 5.02 Å². The molecule has 3 heterocycles. The van der Waals surface area contributed by atoms with Gasteiger partial charge in [-0.05, 0) is 30.3 Å². The van der Waals surface area contributed by atoms with Crippen molar-refractivity contribution in [1.29, 1.82) is 4.78 Å². The van der Waals surface area contributed by atoms with Crippen molar-refractivity contribution in [3.05, 3.63) is 66.5 Å². The van der Waals surface area contributed by atoms with Gasteiger partial charge in [-0.15, -0.1) is 0 Å². The van der Waals surface area contributed by atoms with Gasteiger partial charge >= 0.3 is 0 Å². The van der Waals surface area contributed by atoms with Crippen LogP contribution in [-0.2, 0) is 14.5 Å². The minimum atomic E-state index is -2.47. The molecule has 2 aromatic heterocycles. The van der Waals surface area contributed by atoms with Crippen molar-refractivity contribution in [2.24, 2.45) is 0 Å². The van der Waals surface area contributed by atoms with Gasteiger partial charge in [0.05, 0.1) is 29.7 Å². The minimum Gasteiger partial charge on any atom is -0.494 e. The molecule has 0 spiro atoms. The highest BCUT2D eigenvalue weighted by Gasteiger charge is 2.20. The Balaban J connectivity index is 1.41. The van der Waals surface area contributed by atoms with Crippen LogP contribution in [0.4, 0.5) is 23.0 Å². The van der Waals surface area contributed by atoms with Gasteiger partial charge in [0.25, 0.3) is 0 Å². The topological polar surface area (TPSA) is 136 Å². The zero-order chi connectivity index (χ0) is 26.9. The largest absolute Gasteiger partial charge is 0.494 e. The predicted molar refractivity (Wildman–Crippen MR) is 152 cm³/mol. The number of hydrogen-bond acceptors (Lipinski definition) is 8. The van der Waals surface area contributed by atoms with Gasteiger partial charge in [-0.1, -0.05) is 24.2 Å². The molecule has 0 unspecified atom stereocenters. The van der Waals surface area contributed by atoms with Gasteiger partial charge in [0.1, 0.15) is 5.75 Å². The number of nitrogens with one attached hydrogen (secondary N) is 4. The Morgan fingerprint density at radius 2 is 2.05 bits per heavy atom. The van der Waals surface area contributed by atoms with Crippen LogP contribution in [0.5, 0.6) is 5.75 Å². The van der Waals surface area contributed by atoms with Crippen LogP contribution in [0.3, 0.4) is 0 Å². The van der Waals surface area contributed by atoms with E-state index in [-0.39, 0.29) is 5.91 Å². The zero-order valence-electron chi connectivity index (χ0n) is 20.6. The van der Waals surface area contributed by atoms with Gasteiger partial charge in [0.15, 0.2) is 0 Å². The zero-order valence-corrected chi connectivity index (χ0v) is 22.2. The van der Waals surface area contributed by atoms with Crippen LogP contribution in [0.15, 0.2) is 61.4 Å². The smallest absolute Gasteiger partial charge is 0.247 e. The average Bonchev–Trinajstić information content (AvgIpc) is 3.33. The van der Waals surface area contributed by atoms with E-state index < -0.39 is 9.73 Å². The van der Waals surface area contributed by atoms with E-state index in [9.17, 15) is 9.00 Å². The average molecular weight is 552 g/mol. The number of aromatic amines is 1. The monoisotopic (exact) mass is 551 g/mol. The highest BCUT2D eigenvalue weighted by molar-refractivity contribution is 7.92. The van der Waals surface area contributed by atoms with E-state index >= 15 is 0 Å². The quantitative estimate of drug-likeness (QED) is 0.237. The molecule has 1 amide bonds. The molecular formula is C26H26ClN7O3S. The number of aromatic nitrogens is 3. The second-order valence-corrected chi connectivity index (χ2v) is 11.6. The Hall–Kier alpha value is -4.09. The number of nitrogens with zero attached hydrogens (tertiary/aromatic N) is 3. The first-order chi connectivity index (χ1) is 18.3. The standard InChI is InChI=1S/C26H26ClN7O3S/c1-3-24(35)31-16-4-6-18-19(14-29-22(18)12-16)25-20(27)15-30-26(33-25)32-21-7-5-17(13-23(21)37-2)34-8-10-38(28,36)11-9-34/h3-7,12-15,28-29H,1,8-11H2,2H3,(H,31,35)(H,30,32,33). The summed E-state index contributed by atoms with van der Waals surface area (Å²) in [5, 5.41) is 7.23. The maximum Gasteiger partial charge on any atom is 0.247 e. The molecule has 12 heteroatoms. The first kappa shape index (κ1) is 25.6. The number of halogens is 1. The van der Waals surface area contributed by atoms with Crippen LogP contribution >= 0.6 is 11.6 Å². The van der Waals surface area contributed by atoms with E-state index in [0.29, 0.717) is 58.4 Å². The van der Waals surface area contributed by atoms with Gasteiger partial charge in [-0.3, -0.25) is 9.57 Å². The molecule has 4 aromatic rings. The molecule has 0 aliphatic carbocycles. The molecule has 10 nitrogen and oxygen atoms in total. The maximum absolute atomic E-state index is 12.0. The van der Waals surface area contributed by atoms with Crippen molar-refractivity contribution >= 4 is 61.2 Å². The number of benzene rings is 2. The van der Waals surface area contributed by atoms with Gasteiger partial charge in [0, 0.05) is 74.4 Å². The number of amides is 1. The minimum absolute atomic E-state index is 0.288. The van der Waals surface area contributed by atoms with Gasteiger partial charge in [0.2, 0.25) is 11.9 Å². The van der Waals surface area contributed by atoms with Crippen LogP contribution in [0, 0.1) is 4.78 Å². The Morgan fingerprint density at radius 3 is 2.79 bits per heavy atom. The van der Waals surface area contributed by atoms with Crippen LogP contribution in [0.25, 0.3) is 22.2 Å². The van der Waals surface area contributed by atoms with Crippen LogP contribution in [-0.4, -0.2) is 56.8 Å². The second kappa shape index (κ2) is 10.3. The first-order valence-electron chi connectivity index (χ1n) is 11.8. The van der Waals surface area contributed by atoms with E-state index in [1.807, 2.05) is 36.5 Å². The number of carbonyl (C=O) groups excluding carboxylic acids is 1. The molecule has 38 heavy (non-hydrogen) atoms. The summed E-state index contributed by atoms with van der Waals surface area (Å²) in [6.07, 6.45) is 4.56. The molecule has 1 fully saturated rings. The SMILES string of the molecule is C=CC(=O)Nc1ccc2c(-c3nc(Nc4ccc(N5CCS(=N)(=O)CC5)cc4OC)ncc3Cl)c[nH]c2c1. The van der Waals surface area contributed by atoms with Crippen molar-refractivity contribution in [3.8, 4) is 17.0 Å². The number of anilines is 4. The summed E-state index contributed by atoms with van der Waals surface area (Å²) >= 11 is 6.50. The lowest BCUT2D eigenvalue weighted by atomic mass is 10.1. The predicted octanol–water partition coefficient (Wildman–Crippen LogP) is 5.02. The number of H-pyrrole nitrogens is 1.